The van der Waals surface area contributed by atoms with E-state index in [4.69, 9.17) is 4.74 Å². The number of nitrogens with zero attached hydrogens (tertiary/aromatic N) is 1. The second kappa shape index (κ2) is 6.24. The Morgan fingerprint density at radius 1 is 1.33 bits per heavy atom. The van der Waals surface area contributed by atoms with Gasteiger partial charge >= 0.3 is 0 Å². The summed E-state index contributed by atoms with van der Waals surface area (Å²) in [6, 6.07) is 6.17. The summed E-state index contributed by atoms with van der Waals surface area (Å²) in [5.41, 5.74) is 1.09. The molecule has 6 heteroatoms. The van der Waals surface area contributed by atoms with Crippen LogP contribution >= 0.6 is 0 Å². The normalized spacial score (nSPS) is 16.2. The molecule has 2 aromatic rings. The molecule has 1 aliphatic rings. The fourth-order valence-electron chi connectivity index (χ4n) is 2.47. The van der Waals surface area contributed by atoms with Crippen molar-refractivity contribution in [3.8, 4) is 0 Å². The Morgan fingerprint density at radius 3 is 2.95 bits per heavy atom. The number of carbonyl (C=O) groups excluding carboxylic acids is 1. The fraction of sp³-hybridized carbons (Fsp3) is 0.400. The van der Waals surface area contributed by atoms with Crippen molar-refractivity contribution in [1.82, 2.24) is 15.2 Å². The number of nitrogens with one attached hydrogen (secondary N) is 2. The lowest BCUT2D eigenvalue weighted by atomic mass is 10.2. The molecule has 1 saturated heterocycles. The zero-order valence-electron chi connectivity index (χ0n) is 11.7. The van der Waals surface area contributed by atoms with Gasteiger partial charge in [-0.05, 0) is 24.3 Å². The monoisotopic (exact) mass is 291 g/mol. The molecular weight excluding hydrogens is 273 g/mol. The number of fused-ring (bicyclic) bond motifs is 1. The van der Waals surface area contributed by atoms with Crippen LogP contribution in [0.3, 0.4) is 0 Å². The van der Waals surface area contributed by atoms with Crippen LogP contribution in [0.2, 0.25) is 0 Å². The van der Waals surface area contributed by atoms with Gasteiger partial charge in [-0.15, -0.1) is 0 Å². The van der Waals surface area contributed by atoms with Crippen molar-refractivity contribution in [2.24, 2.45) is 0 Å². The highest BCUT2D eigenvalue weighted by Crippen LogP contribution is 2.16. The molecule has 0 spiro atoms. The number of amides is 1. The molecule has 2 N–H and O–H groups in total. The third kappa shape index (κ3) is 3.40. The average molecular weight is 291 g/mol. The third-order valence-electron chi connectivity index (χ3n) is 3.65. The highest BCUT2D eigenvalue weighted by molar-refractivity contribution is 5.97. The number of ether oxygens (including phenoxy) is 1. The van der Waals surface area contributed by atoms with Crippen molar-refractivity contribution < 1.29 is 13.9 Å². The summed E-state index contributed by atoms with van der Waals surface area (Å²) in [5.74, 6) is -0.483. The highest BCUT2D eigenvalue weighted by Gasteiger charge is 2.12. The maximum atomic E-state index is 13.1. The lowest BCUT2D eigenvalue weighted by Gasteiger charge is -2.26. The summed E-state index contributed by atoms with van der Waals surface area (Å²) in [6.07, 6.45) is 0. The molecule has 5 nitrogen and oxygen atoms in total. The van der Waals surface area contributed by atoms with Gasteiger partial charge in [0.15, 0.2) is 0 Å². The number of halogens is 1. The molecule has 0 aliphatic carbocycles. The van der Waals surface area contributed by atoms with Crippen LogP contribution in [0.1, 0.15) is 10.5 Å². The second-order valence-electron chi connectivity index (χ2n) is 5.12. The van der Waals surface area contributed by atoms with Gasteiger partial charge in [0.05, 0.1) is 13.2 Å². The standard InChI is InChI=1S/C15H18FN3O2/c16-12-2-1-11-9-14(18-13(11)10-12)15(20)17-3-4-19-5-7-21-8-6-19/h1-2,9-10,18H,3-8H2,(H,17,20). The lowest BCUT2D eigenvalue weighted by Crippen LogP contribution is -2.41. The number of carbonyl (C=O) groups is 1. The van der Waals surface area contributed by atoms with Crippen molar-refractivity contribution >= 4 is 16.8 Å². The Balaban J connectivity index is 1.56. The van der Waals surface area contributed by atoms with Crippen LogP contribution in [0.15, 0.2) is 24.3 Å². The summed E-state index contributed by atoms with van der Waals surface area (Å²) in [7, 11) is 0. The molecule has 3 rings (SSSR count). The fourth-order valence-corrected chi connectivity index (χ4v) is 2.47. The minimum absolute atomic E-state index is 0.167. The van der Waals surface area contributed by atoms with E-state index in [1.54, 1.807) is 12.1 Å². The minimum atomic E-state index is -0.316. The summed E-state index contributed by atoms with van der Waals surface area (Å²) in [4.78, 5) is 17.3. The second-order valence-corrected chi connectivity index (χ2v) is 5.12. The minimum Gasteiger partial charge on any atom is -0.379 e. The molecule has 0 saturated carbocycles. The number of benzene rings is 1. The van der Waals surface area contributed by atoms with E-state index in [2.05, 4.69) is 15.2 Å². The molecule has 0 radical (unpaired) electrons. The van der Waals surface area contributed by atoms with E-state index in [0.717, 1.165) is 38.2 Å². The van der Waals surface area contributed by atoms with Crippen molar-refractivity contribution in [3.63, 3.8) is 0 Å². The highest BCUT2D eigenvalue weighted by atomic mass is 19.1. The first kappa shape index (κ1) is 14.0. The van der Waals surface area contributed by atoms with Crippen molar-refractivity contribution in [2.45, 2.75) is 0 Å². The Hall–Kier alpha value is -1.92. The molecule has 0 bridgehead atoms. The van der Waals surface area contributed by atoms with Crippen LogP contribution in [0.25, 0.3) is 10.9 Å². The van der Waals surface area contributed by atoms with E-state index in [1.807, 2.05) is 0 Å². The summed E-state index contributed by atoms with van der Waals surface area (Å²) >= 11 is 0. The third-order valence-corrected chi connectivity index (χ3v) is 3.65. The Labute approximate surface area is 122 Å². The smallest absolute Gasteiger partial charge is 0.267 e. The van der Waals surface area contributed by atoms with Gasteiger partial charge in [0.2, 0.25) is 0 Å². The number of H-pyrrole nitrogens is 1. The first-order valence-corrected chi connectivity index (χ1v) is 7.09. The Kier molecular flexibility index (Phi) is 4.17. The number of aromatic nitrogens is 1. The first-order chi connectivity index (χ1) is 10.2. The molecule has 1 fully saturated rings. The van der Waals surface area contributed by atoms with Gasteiger partial charge in [0.25, 0.3) is 5.91 Å². The van der Waals surface area contributed by atoms with Gasteiger partial charge in [-0.3, -0.25) is 9.69 Å². The van der Waals surface area contributed by atoms with Crippen LogP contribution in [0.4, 0.5) is 4.39 Å². The van der Waals surface area contributed by atoms with Crippen LogP contribution in [-0.2, 0) is 4.74 Å². The zero-order valence-corrected chi connectivity index (χ0v) is 11.7. The first-order valence-electron chi connectivity index (χ1n) is 7.09. The Morgan fingerprint density at radius 2 is 2.14 bits per heavy atom. The van der Waals surface area contributed by atoms with Gasteiger partial charge in [0.1, 0.15) is 11.5 Å². The summed E-state index contributed by atoms with van der Waals surface area (Å²) < 4.78 is 18.4. The average Bonchev–Trinajstić information content (AvgIpc) is 2.91. The van der Waals surface area contributed by atoms with Gasteiger partial charge in [-0.25, -0.2) is 4.39 Å². The molecule has 0 unspecified atom stereocenters. The van der Waals surface area contributed by atoms with Crippen LogP contribution in [-0.4, -0.2) is 55.2 Å². The van der Waals surface area contributed by atoms with Gasteiger partial charge in [0, 0.05) is 37.1 Å². The summed E-state index contributed by atoms with van der Waals surface area (Å²) in [6.45, 7) is 4.71. The maximum absolute atomic E-state index is 13.1. The van der Waals surface area contributed by atoms with Crippen molar-refractivity contribution in [3.05, 3.63) is 35.8 Å². The van der Waals surface area contributed by atoms with E-state index < -0.39 is 0 Å². The lowest BCUT2D eigenvalue weighted by molar-refractivity contribution is 0.0383. The van der Waals surface area contributed by atoms with Crippen LogP contribution < -0.4 is 5.32 Å². The largest absolute Gasteiger partial charge is 0.379 e. The quantitative estimate of drug-likeness (QED) is 0.894. The summed E-state index contributed by atoms with van der Waals surface area (Å²) in [5, 5.41) is 3.70. The molecule has 1 aromatic carbocycles. The van der Waals surface area contributed by atoms with Crippen molar-refractivity contribution in [2.75, 3.05) is 39.4 Å². The topological polar surface area (TPSA) is 57.4 Å². The van der Waals surface area contributed by atoms with E-state index in [0.29, 0.717) is 17.8 Å². The van der Waals surface area contributed by atoms with E-state index in [9.17, 15) is 9.18 Å². The number of hydrogen-bond donors (Lipinski definition) is 2. The van der Waals surface area contributed by atoms with Crippen LogP contribution in [0, 0.1) is 5.82 Å². The van der Waals surface area contributed by atoms with Crippen LogP contribution in [0.5, 0.6) is 0 Å². The molecule has 1 aliphatic heterocycles. The predicted molar refractivity (Wildman–Crippen MR) is 77.8 cm³/mol. The predicted octanol–water partition coefficient (Wildman–Crippen LogP) is 1.37. The number of morpholine rings is 1. The van der Waals surface area contributed by atoms with Gasteiger partial charge in [-0.2, -0.15) is 0 Å². The number of hydrogen-bond acceptors (Lipinski definition) is 3. The SMILES string of the molecule is O=C(NCCN1CCOCC1)c1cc2ccc(F)cc2[nH]1. The molecule has 0 atom stereocenters. The molecule has 1 aromatic heterocycles. The van der Waals surface area contributed by atoms with Gasteiger partial charge < -0.3 is 15.0 Å². The molecule has 112 valence electrons. The van der Waals surface area contributed by atoms with E-state index >= 15 is 0 Å². The number of aromatic amines is 1. The Bertz CT molecular complexity index is 635. The maximum Gasteiger partial charge on any atom is 0.267 e. The molecule has 1 amide bonds. The zero-order chi connectivity index (χ0) is 14.7. The number of rotatable bonds is 4. The van der Waals surface area contributed by atoms with E-state index in [1.165, 1.54) is 12.1 Å². The van der Waals surface area contributed by atoms with E-state index in [-0.39, 0.29) is 11.7 Å². The molecular formula is C15H18FN3O2. The molecule has 2 heterocycles. The van der Waals surface area contributed by atoms with Crippen molar-refractivity contribution in [1.29, 1.82) is 0 Å². The molecule has 21 heavy (non-hydrogen) atoms. The van der Waals surface area contributed by atoms with Gasteiger partial charge in [-0.1, -0.05) is 0 Å².